The van der Waals surface area contributed by atoms with Gasteiger partial charge in [0, 0.05) is 19.5 Å². The zero-order chi connectivity index (χ0) is 18.2. The van der Waals surface area contributed by atoms with Gasteiger partial charge in [0.2, 0.25) is 0 Å². The fourth-order valence-corrected chi connectivity index (χ4v) is 3.60. The number of likely N-dealkylation sites (tertiary alicyclic amines) is 1. The van der Waals surface area contributed by atoms with Gasteiger partial charge < -0.3 is 14.4 Å². The van der Waals surface area contributed by atoms with Gasteiger partial charge in [-0.1, -0.05) is 0 Å². The maximum atomic E-state index is 12.1. The van der Waals surface area contributed by atoms with Gasteiger partial charge in [0.05, 0.1) is 0 Å². The number of rotatable bonds is 3. The maximum Gasteiger partial charge on any atom is 0.410 e. The first-order chi connectivity index (χ1) is 10.9. The third-order valence-electron chi connectivity index (χ3n) is 4.89. The van der Waals surface area contributed by atoms with Gasteiger partial charge in [0.15, 0.2) is 0 Å². The van der Waals surface area contributed by atoms with Crippen LogP contribution >= 0.6 is 0 Å². The highest BCUT2D eigenvalue weighted by atomic mass is 16.6. The maximum absolute atomic E-state index is 12.1. The molecule has 1 saturated carbocycles. The van der Waals surface area contributed by atoms with Crippen LogP contribution in [-0.4, -0.2) is 41.3 Å². The van der Waals surface area contributed by atoms with Crippen molar-refractivity contribution in [2.45, 2.75) is 84.8 Å². The lowest BCUT2D eigenvalue weighted by molar-refractivity contribution is -0.155. The molecule has 1 atom stereocenters. The molecule has 1 aliphatic carbocycles. The molecule has 1 spiro atoms. The van der Waals surface area contributed by atoms with E-state index in [1.54, 1.807) is 0 Å². The van der Waals surface area contributed by atoms with Gasteiger partial charge in [0.1, 0.15) is 11.2 Å². The average Bonchev–Trinajstić information content (AvgIpc) is 3.06. The van der Waals surface area contributed by atoms with E-state index in [-0.39, 0.29) is 12.1 Å². The van der Waals surface area contributed by atoms with Crippen LogP contribution in [0.5, 0.6) is 0 Å². The Hall–Kier alpha value is -1.26. The molecule has 24 heavy (non-hydrogen) atoms. The highest BCUT2D eigenvalue weighted by Crippen LogP contribution is 2.61. The van der Waals surface area contributed by atoms with Crippen LogP contribution in [-0.2, 0) is 14.3 Å². The Bertz CT molecular complexity index is 479. The molecule has 1 saturated heterocycles. The molecule has 0 aromatic carbocycles. The zero-order valence-corrected chi connectivity index (χ0v) is 16.1. The average molecular weight is 339 g/mol. The van der Waals surface area contributed by atoms with Crippen LogP contribution in [0.3, 0.4) is 0 Å². The third kappa shape index (κ3) is 5.38. The van der Waals surface area contributed by atoms with Gasteiger partial charge in [0.25, 0.3) is 0 Å². The van der Waals surface area contributed by atoms with Crippen molar-refractivity contribution in [3.63, 3.8) is 0 Å². The number of esters is 1. The molecule has 0 aromatic rings. The van der Waals surface area contributed by atoms with Crippen LogP contribution < -0.4 is 0 Å². The molecular formula is C19H33NO4. The quantitative estimate of drug-likeness (QED) is 0.725. The van der Waals surface area contributed by atoms with Crippen molar-refractivity contribution in [2.24, 2.45) is 11.3 Å². The second-order valence-electron chi connectivity index (χ2n) is 9.36. The van der Waals surface area contributed by atoms with Crippen molar-refractivity contribution in [1.82, 2.24) is 4.90 Å². The number of hydrogen-bond donors (Lipinski definition) is 0. The van der Waals surface area contributed by atoms with E-state index in [0.29, 0.717) is 17.8 Å². The molecule has 0 radical (unpaired) electrons. The summed E-state index contributed by atoms with van der Waals surface area (Å²) in [6, 6.07) is 0. The normalized spacial score (nSPS) is 23.1. The summed E-state index contributed by atoms with van der Waals surface area (Å²) in [5, 5.41) is 0. The molecule has 2 aliphatic rings. The summed E-state index contributed by atoms with van der Waals surface area (Å²) in [6.07, 6.45) is 4.41. The molecule has 5 nitrogen and oxygen atoms in total. The SMILES string of the molecule is CC(C)(C)OC(=O)CCC1CC12CCN(C(=O)OC(C)(C)C)CC2. The minimum atomic E-state index is -0.443. The minimum Gasteiger partial charge on any atom is -0.460 e. The largest absolute Gasteiger partial charge is 0.460 e. The van der Waals surface area contributed by atoms with Crippen molar-refractivity contribution in [2.75, 3.05) is 13.1 Å². The Kier molecular flexibility index (Phi) is 5.22. The van der Waals surface area contributed by atoms with Gasteiger partial charge >= 0.3 is 12.1 Å². The molecular weight excluding hydrogens is 306 g/mol. The van der Waals surface area contributed by atoms with E-state index in [4.69, 9.17) is 9.47 Å². The molecule has 1 unspecified atom stereocenters. The fourth-order valence-electron chi connectivity index (χ4n) is 3.60. The summed E-state index contributed by atoms with van der Waals surface area (Å²) in [5.74, 6) is 0.501. The monoisotopic (exact) mass is 339 g/mol. The lowest BCUT2D eigenvalue weighted by atomic mass is 9.90. The fraction of sp³-hybridized carbons (Fsp3) is 0.895. The molecule has 5 heteroatoms. The van der Waals surface area contributed by atoms with E-state index in [0.717, 1.165) is 32.4 Å². The molecule has 0 N–H and O–H groups in total. The van der Waals surface area contributed by atoms with Crippen LogP contribution in [0.4, 0.5) is 4.79 Å². The molecule has 1 amide bonds. The van der Waals surface area contributed by atoms with Gasteiger partial charge in [-0.25, -0.2) is 4.79 Å². The number of piperidine rings is 1. The van der Waals surface area contributed by atoms with Crippen molar-refractivity contribution in [3.8, 4) is 0 Å². The Balaban J connectivity index is 1.72. The predicted octanol–water partition coefficient (Wildman–Crippen LogP) is 4.15. The first-order valence-corrected chi connectivity index (χ1v) is 9.10. The summed E-state index contributed by atoms with van der Waals surface area (Å²) >= 11 is 0. The Morgan fingerprint density at radius 3 is 2.04 bits per heavy atom. The van der Waals surface area contributed by atoms with Crippen molar-refractivity contribution < 1.29 is 19.1 Å². The second kappa shape index (κ2) is 6.57. The van der Waals surface area contributed by atoms with Crippen molar-refractivity contribution >= 4 is 12.1 Å². The van der Waals surface area contributed by atoms with Gasteiger partial charge in [-0.2, -0.15) is 0 Å². The molecule has 2 fully saturated rings. The smallest absolute Gasteiger partial charge is 0.410 e. The number of ether oxygens (including phenoxy) is 2. The highest BCUT2D eigenvalue weighted by molar-refractivity contribution is 5.70. The summed E-state index contributed by atoms with van der Waals surface area (Å²) in [5.41, 5.74) is -0.501. The summed E-state index contributed by atoms with van der Waals surface area (Å²) < 4.78 is 10.8. The third-order valence-corrected chi connectivity index (χ3v) is 4.89. The van der Waals surface area contributed by atoms with Crippen LogP contribution in [0.2, 0.25) is 0 Å². The van der Waals surface area contributed by atoms with E-state index >= 15 is 0 Å². The van der Waals surface area contributed by atoms with Gasteiger partial charge in [-0.15, -0.1) is 0 Å². The molecule has 0 bridgehead atoms. The van der Waals surface area contributed by atoms with Crippen LogP contribution in [0, 0.1) is 11.3 Å². The Morgan fingerprint density at radius 1 is 1.00 bits per heavy atom. The molecule has 0 aromatic heterocycles. The number of hydrogen-bond acceptors (Lipinski definition) is 4. The van der Waals surface area contributed by atoms with Gasteiger partial charge in [-0.3, -0.25) is 4.79 Å². The predicted molar refractivity (Wildman–Crippen MR) is 92.7 cm³/mol. The van der Waals surface area contributed by atoms with Crippen molar-refractivity contribution in [3.05, 3.63) is 0 Å². The van der Waals surface area contributed by atoms with Crippen LogP contribution in [0.1, 0.15) is 73.6 Å². The second-order valence-corrected chi connectivity index (χ2v) is 9.36. The van der Waals surface area contributed by atoms with E-state index in [9.17, 15) is 9.59 Å². The van der Waals surface area contributed by atoms with Gasteiger partial charge in [-0.05, 0) is 78.6 Å². The molecule has 1 heterocycles. The van der Waals surface area contributed by atoms with Crippen molar-refractivity contribution in [1.29, 1.82) is 0 Å². The van der Waals surface area contributed by atoms with E-state index in [1.807, 2.05) is 46.4 Å². The number of carbonyl (C=O) groups is 2. The standard InChI is InChI=1S/C19H33NO4/c1-17(2,3)23-15(21)8-7-14-13-19(14)9-11-20(12-10-19)16(22)24-18(4,5)6/h14H,7-13H2,1-6H3. The first-order valence-electron chi connectivity index (χ1n) is 9.10. The Labute approximate surface area is 146 Å². The highest BCUT2D eigenvalue weighted by Gasteiger charge is 2.54. The lowest BCUT2D eigenvalue weighted by Crippen LogP contribution is -2.42. The van der Waals surface area contributed by atoms with Crippen LogP contribution in [0.15, 0.2) is 0 Å². The van der Waals surface area contributed by atoms with E-state index in [2.05, 4.69) is 0 Å². The number of nitrogens with zero attached hydrogens (tertiary/aromatic N) is 1. The number of amides is 1. The molecule has 2 rings (SSSR count). The van der Waals surface area contributed by atoms with Crippen LogP contribution in [0.25, 0.3) is 0 Å². The summed E-state index contributed by atoms with van der Waals surface area (Å²) in [6.45, 7) is 12.9. The zero-order valence-electron chi connectivity index (χ0n) is 16.1. The number of carbonyl (C=O) groups excluding carboxylic acids is 2. The summed E-state index contributed by atoms with van der Waals surface area (Å²) in [4.78, 5) is 25.8. The summed E-state index contributed by atoms with van der Waals surface area (Å²) in [7, 11) is 0. The molecule has 1 aliphatic heterocycles. The topological polar surface area (TPSA) is 55.8 Å². The van der Waals surface area contributed by atoms with E-state index < -0.39 is 11.2 Å². The minimum absolute atomic E-state index is 0.101. The Morgan fingerprint density at radius 2 is 1.54 bits per heavy atom. The van der Waals surface area contributed by atoms with E-state index in [1.165, 1.54) is 6.42 Å². The molecule has 138 valence electrons. The lowest BCUT2D eigenvalue weighted by Gasteiger charge is -2.34. The first kappa shape index (κ1) is 19.1.